The Kier molecular flexibility index (Phi) is 7.01. The molecule has 0 saturated carbocycles. The molecule has 112 valence electrons. The first-order valence-corrected chi connectivity index (χ1v) is 7.45. The van der Waals surface area contributed by atoms with Gasteiger partial charge in [-0.1, -0.05) is 30.3 Å². The van der Waals surface area contributed by atoms with Gasteiger partial charge in [0.25, 0.3) is 0 Å². The lowest BCUT2D eigenvalue weighted by Crippen LogP contribution is -2.50. The van der Waals surface area contributed by atoms with Gasteiger partial charge in [-0.15, -0.1) is 0 Å². The lowest BCUT2D eigenvalue weighted by atomic mass is 9.92. The van der Waals surface area contributed by atoms with Crippen LogP contribution in [0.1, 0.15) is 5.56 Å². The minimum absolute atomic E-state index is 0.289. The van der Waals surface area contributed by atoms with Crippen LogP contribution in [-0.2, 0) is 15.1 Å². The Morgan fingerprint density at radius 3 is 2.60 bits per heavy atom. The zero-order valence-electron chi connectivity index (χ0n) is 11.7. The number of carbonyl (C=O) groups is 1. The maximum absolute atomic E-state index is 12.2. The number of benzene rings is 1. The highest BCUT2D eigenvalue weighted by molar-refractivity contribution is 7.99. The minimum atomic E-state index is -0.962. The Morgan fingerprint density at radius 2 is 2.10 bits per heavy atom. The van der Waals surface area contributed by atoms with Crippen molar-refractivity contribution in [3.05, 3.63) is 35.9 Å². The number of aliphatic hydroxyl groups excluding tert-OH is 2. The van der Waals surface area contributed by atoms with E-state index < -0.39 is 11.6 Å². The van der Waals surface area contributed by atoms with Gasteiger partial charge >= 0.3 is 5.97 Å². The van der Waals surface area contributed by atoms with Crippen molar-refractivity contribution < 1.29 is 19.7 Å². The second kappa shape index (κ2) is 8.26. The molecular weight excluding hydrogens is 278 g/mol. The monoisotopic (exact) mass is 299 g/mol. The molecule has 20 heavy (non-hydrogen) atoms. The Labute approximate surface area is 123 Å². The zero-order chi connectivity index (χ0) is 15.0. The van der Waals surface area contributed by atoms with Crippen LogP contribution in [0.25, 0.3) is 0 Å². The lowest BCUT2D eigenvalue weighted by molar-refractivity contribution is -0.147. The number of ether oxygens (including phenoxy) is 1. The molecule has 3 N–H and O–H groups in total. The van der Waals surface area contributed by atoms with Crippen molar-refractivity contribution >= 4 is 17.7 Å². The van der Waals surface area contributed by atoms with Crippen molar-refractivity contribution in [2.45, 2.75) is 11.6 Å². The van der Waals surface area contributed by atoms with Gasteiger partial charge in [0.05, 0.1) is 19.8 Å². The van der Waals surface area contributed by atoms with Crippen molar-refractivity contribution in [3.8, 4) is 0 Å². The molecule has 2 atom stereocenters. The lowest BCUT2D eigenvalue weighted by Gasteiger charge is -2.31. The topological polar surface area (TPSA) is 78.8 Å². The van der Waals surface area contributed by atoms with Gasteiger partial charge in [-0.05, 0) is 12.6 Å². The molecule has 0 heterocycles. The maximum Gasteiger partial charge on any atom is 0.331 e. The van der Waals surface area contributed by atoms with E-state index in [1.165, 1.54) is 18.9 Å². The van der Waals surface area contributed by atoms with Crippen LogP contribution in [0.4, 0.5) is 0 Å². The van der Waals surface area contributed by atoms with Gasteiger partial charge in [0, 0.05) is 11.5 Å². The summed E-state index contributed by atoms with van der Waals surface area (Å²) in [5, 5.41) is 21.2. The molecule has 0 aromatic heterocycles. The summed E-state index contributed by atoms with van der Waals surface area (Å²) in [5.41, 5.74) is -0.157. The molecule has 1 aromatic rings. The van der Waals surface area contributed by atoms with E-state index in [4.69, 9.17) is 9.84 Å². The first kappa shape index (κ1) is 17.0. The fourth-order valence-electron chi connectivity index (χ4n) is 1.88. The predicted molar refractivity (Wildman–Crippen MR) is 79.6 cm³/mol. The first-order valence-electron chi connectivity index (χ1n) is 6.30. The van der Waals surface area contributed by atoms with Gasteiger partial charge in [0.2, 0.25) is 0 Å². The summed E-state index contributed by atoms with van der Waals surface area (Å²) in [7, 11) is 3.05. The molecule has 1 aromatic carbocycles. The van der Waals surface area contributed by atoms with Crippen LogP contribution in [-0.4, -0.2) is 54.6 Å². The van der Waals surface area contributed by atoms with E-state index in [1.54, 1.807) is 7.05 Å². The molecule has 0 bridgehead atoms. The van der Waals surface area contributed by atoms with Crippen molar-refractivity contribution in [2.24, 2.45) is 0 Å². The number of nitrogens with one attached hydrogen (secondary N) is 1. The molecule has 0 amide bonds. The third-order valence-electron chi connectivity index (χ3n) is 3.07. The largest absolute Gasteiger partial charge is 0.467 e. The van der Waals surface area contributed by atoms with Gasteiger partial charge in [0.1, 0.15) is 0 Å². The Hall–Kier alpha value is -1.08. The molecular formula is C14H21NO4S. The Balaban J connectivity index is 2.92. The highest BCUT2D eigenvalue weighted by Gasteiger charge is 2.39. The van der Waals surface area contributed by atoms with E-state index in [2.05, 4.69) is 5.32 Å². The number of hydrogen-bond donors (Lipinski definition) is 3. The number of carbonyl (C=O) groups excluding carboxylic acids is 1. The number of methoxy groups -OCH3 is 1. The molecule has 2 unspecified atom stereocenters. The SMILES string of the molecule is CNC(CSCC(O)CO)(C(=O)OC)c1ccccc1. The van der Waals surface area contributed by atoms with Crippen LogP contribution in [0.2, 0.25) is 0 Å². The fraction of sp³-hybridized carbons (Fsp3) is 0.500. The van der Waals surface area contributed by atoms with Gasteiger partial charge in [-0.25, -0.2) is 4.79 Å². The molecule has 5 nitrogen and oxygen atoms in total. The second-order valence-corrected chi connectivity index (χ2v) is 5.39. The summed E-state index contributed by atoms with van der Waals surface area (Å²) in [6, 6.07) is 9.31. The third kappa shape index (κ3) is 3.96. The average molecular weight is 299 g/mol. The van der Waals surface area contributed by atoms with E-state index in [9.17, 15) is 9.90 Å². The minimum Gasteiger partial charge on any atom is -0.467 e. The predicted octanol–water partition coefficient (Wildman–Crippen LogP) is 0.361. The number of thioether (sulfide) groups is 1. The first-order chi connectivity index (χ1) is 9.60. The summed E-state index contributed by atoms with van der Waals surface area (Å²) in [5.74, 6) is 0.373. The average Bonchev–Trinajstić information content (AvgIpc) is 2.51. The van der Waals surface area contributed by atoms with Crippen LogP contribution in [0.3, 0.4) is 0 Å². The molecule has 0 aliphatic heterocycles. The molecule has 0 saturated heterocycles. The molecule has 0 aliphatic rings. The van der Waals surface area contributed by atoms with Crippen molar-refractivity contribution in [3.63, 3.8) is 0 Å². The Morgan fingerprint density at radius 1 is 1.45 bits per heavy atom. The van der Waals surface area contributed by atoms with E-state index in [1.807, 2.05) is 30.3 Å². The van der Waals surface area contributed by atoms with Crippen molar-refractivity contribution in [1.82, 2.24) is 5.32 Å². The second-order valence-electron chi connectivity index (χ2n) is 4.36. The summed E-state index contributed by atoms with van der Waals surface area (Å²) >= 11 is 1.38. The highest BCUT2D eigenvalue weighted by Crippen LogP contribution is 2.27. The highest BCUT2D eigenvalue weighted by atomic mass is 32.2. The third-order valence-corrected chi connectivity index (χ3v) is 4.32. The van der Waals surface area contributed by atoms with Crippen LogP contribution < -0.4 is 5.32 Å². The van der Waals surface area contributed by atoms with Crippen molar-refractivity contribution in [2.75, 3.05) is 32.3 Å². The van der Waals surface area contributed by atoms with Gasteiger partial charge in [0.15, 0.2) is 5.54 Å². The van der Waals surface area contributed by atoms with Crippen LogP contribution in [0.15, 0.2) is 30.3 Å². The van der Waals surface area contributed by atoms with Gasteiger partial charge < -0.3 is 20.3 Å². The van der Waals surface area contributed by atoms with E-state index in [0.29, 0.717) is 11.5 Å². The number of aliphatic hydroxyl groups is 2. The number of rotatable bonds is 8. The van der Waals surface area contributed by atoms with E-state index >= 15 is 0 Å². The Bertz CT molecular complexity index is 415. The molecule has 1 rings (SSSR count). The van der Waals surface area contributed by atoms with E-state index in [-0.39, 0.29) is 12.6 Å². The smallest absolute Gasteiger partial charge is 0.331 e. The molecule has 0 aliphatic carbocycles. The number of likely N-dealkylation sites (N-methyl/N-ethyl adjacent to an activating group) is 1. The van der Waals surface area contributed by atoms with Gasteiger partial charge in [-0.3, -0.25) is 0 Å². The van der Waals surface area contributed by atoms with Gasteiger partial charge in [-0.2, -0.15) is 11.8 Å². The summed E-state index contributed by atoms with van der Waals surface area (Å²) in [6.45, 7) is -0.289. The summed E-state index contributed by atoms with van der Waals surface area (Å²) in [4.78, 5) is 12.2. The fourth-order valence-corrected chi connectivity index (χ4v) is 3.11. The van der Waals surface area contributed by atoms with Crippen LogP contribution in [0, 0.1) is 0 Å². The van der Waals surface area contributed by atoms with Crippen molar-refractivity contribution in [1.29, 1.82) is 0 Å². The standard InChI is InChI=1S/C14H21NO4S/c1-15-14(13(18)19-2,10-20-9-12(17)8-16)11-6-4-3-5-7-11/h3-7,12,15-17H,8-10H2,1-2H3. The van der Waals surface area contributed by atoms with E-state index in [0.717, 1.165) is 5.56 Å². The molecule has 6 heteroatoms. The maximum atomic E-state index is 12.2. The summed E-state index contributed by atoms with van der Waals surface area (Å²) in [6.07, 6.45) is -0.789. The normalized spacial score (nSPS) is 15.4. The van der Waals surface area contributed by atoms with Crippen LogP contribution >= 0.6 is 11.8 Å². The quantitative estimate of drug-likeness (QED) is 0.602. The number of esters is 1. The van der Waals surface area contributed by atoms with Crippen LogP contribution in [0.5, 0.6) is 0 Å². The zero-order valence-corrected chi connectivity index (χ0v) is 12.5. The molecule has 0 fully saturated rings. The molecule has 0 radical (unpaired) electrons. The molecule has 0 spiro atoms. The summed E-state index contributed by atoms with van der Waals surface area (Å²) < 4.78 is 4.92. The number of hydrogen-bond acceptors (Lipinski definition) is 6.